The molecule has 25 heavy (non-hydrogen) atoms. The molecule has 1 heterocycles. The summed E-state index contributed by atoms with van der Waals surface area (Å²) in [5.41, 5.74) is 1.91. The van der Waals surface area contributed by atoms with Gasteiger partial charge in [0.1, 0.15) is 0 Å². The van der Waals surface area contributed by atoms with Crippen LogP contribution in [0.5, 0.6) is 0 Å². The maximum Gasteiger partial charge on any atom is 0.257 e. The van der Waals surface area contributed by atoms with E-state index >= 15 is 0 Å². The van der Waals surface area contributed by atoms with Crippen molar-refractivity contribution in [3.8, 4) is 0 Å². The minimum atomic E-state index is -1.34. The Balaban J connectivity index is 1.77. The first kappa shape index (κ1) is 15.6. The molecule has 0 aliphatic carbocycles. The summed E-state index contributed by atoms with van der Waals surface area (Å²) in [7, 11) is 0. The highest BCUT2D eigenvalue weighted by molar-refractivity contribution is 5.99. The van der Waals surface area contributed by atoms with Crippen molar-refractivity contribution in [1.29, 1.82) is 0 Å². The van der Waals surface area contributed by atoms with Gasteiger partial charge < -0.3 is 10.0 Å². The predicted octanol–water partition coefficient (Wildman–Crippen LogP) is 3.73. The topological polar surface area (TPSA) is 40.5 Å². The Hall–Kier alpha value is -2.91. The second-order valence-corrected chi connectivity index (χ2v) is 6.40. The molecule has 0 spiro atoms. The lowest BCUT2D eigenvalue weighted by atomic mass is 9.94. The summed E-state index contributed by atoms with van der Waals surface area (Å²) >= 11 is 0. The van der Waals surface area contributed by atoms with Gasteiger partial charge in [-0.25, -0.2) is 0 Å². The number of rotatable bonds is 4. The molecule has 3 heteroatoms. The summed E-state index contributed by atoms with van der Waals surface area (Å²) < 4.78 is 0. The van der Waals surface area contributed by atoms with Crippen molar-refractivity contribution >= 4 is 5.91 Å². The number of carbonyl (C=O) groups is 1. The first-order valence-electron chi connectivity index (χ1n) is 8.40. The molecule has 1 aliphatic heterocycles. The number of nitrogens with zero attached hydrogens (tertiary/aromatic N) is 1. The van der Waals surface area contributed by atoms with E-state index in [0.29, 0.717) is 24.1 Å². The average molecular weight is 329 g/mol. The van der Waals surface area contributed by atoms with Crippen molar-refractivity contribution in [1.82, 2.24) is 4.90 Å². The summed E-state index contributed by atoms with van der Waals surface area (Å²) in [5.74, 6) is -0.127. The van der Waals surface area contributed by atoms with Crippen molar-refractivity contribution in [3.05, 3.63) is 107 Å². The zero-order chi connectivity index (χ0) is 17.3. The lowest BCUT2D eigenvalue weighted by Crippen LogP contribution is -2.45. The number of amides is 1. The number of benzene rings is 3. The van der Waals surface area contributed by atoms with Crippen LogP contribution in [0.15, 0.2) is 84.9 Å². The molecule has 0 fully saturated rings. The molecule has 0 saturated heterocycles. The number of carbonyl (C=O) groups excluding carboxylic acids is 1. The van der Waals surface area contributed by atoms with E-state index in [2.05, 4.69) is 0 Å². The Morgan fingerprint density at radius 2 is 1.32 bits per heavy atom. The van der Waals surface area contributed by atoms with Crippen LogP contribution in [0.25, 0.3) is 0 Å². The van der Waals surface area contributed by atoms with Crippen molar-refractivity contribution in [2.24, 2.45) is 0 Å². The first-order valence-corrected chi connectivity index (χ1v) is 8.40. The van der Waals surface area contributed by atoms with Gasteiger partial charge in [-0.05, 0) is 17.2 Å². The van der Waals surface area contributed by atoms with Crippen molar-refractivity contribution in [3.63, 3.8) is 0 Å². The van der Waals surface area contributed by atoms with Crippen LogP contribution in [0.3, 0.4) is 0 Å². The molecule has 3 aromatic carbocycles. The Bertz CT molecular complexity index is 892. The number of fused-ring (bicyclic) bond motifs is 1. The number of hydrogen-bond acceptors (Lipinski definition) is 2. The van der Waals surface area contributed by atoms with E-state index in [4.69, 9.17) is 0 Å². The van der Waals surface area contributed by atoms with E-state index < -0.39 is 5.72 Å². The van der Waals surface area contributed by atoms with Gasteiger partial charge in [-0.15, -0.1) is 0 Å². The minimum Gasteiger partial charge on any atom is -0.366 e. The first-order chi connectivity index (χ1) is 12.2. The van der Waals surface area contributed by atoms with Crippen LogP contribution in [0.4, 0.5) is 0 Å². The summed E-state index contributed by atoms with van der Waals surface area (Å²) in [6, 6.07) is 26.9. The van der Waals surface area contributed by atoms with Crippen molar-refractivity contribution < 1.29 is 9.90 Å². The van der Waals surface area contributed by atoms with E-state index in [1.807, 2.05) is 78.9 Å². The van der Waals surface area contributed by atoms with Gasteiger partial charge >= 0.3 is 0 Å². The average Bonchev–Trinajstić information content (AvgIpc) is 2.86. The molecule has 1 amide bonds. The number of hydrogen-bond donors (Lipinski definition) is 1. The molecule has 0 saturated carbocycles. The third kappa shape index (κ3) is 2.73. The maximum absolute atomic E-state index is 13.0. The molecule has 0 bridgehead atoms. The summed E-state index contributed by atoms with van der Waals surface area (Å²) in [4.78, 5) is 14.6. The highest BCUT2D eigenvalue weighted by Crippen LogP contribution is 2.40. The van der Waals surface area contributed by atoms with Crippen LogP contribution in [0.2, 0.25) is 0 Å². The molecule has 124 valence electrons. The van der Waals surface area contributed by atoms with Gasteiger partial charge in [-0.3, -0.25) is 4.79 Å². The standard InChI is InChI=1S/C22H19NO2/c24-21-19-13-7-8-14-20(19)22(25,15-17-9-3-1-4-10-17)23(21)16-18-11-5-2-6-12-18/h1-14,25H,15-16H2/t22-/m0/s1. The fourth-order valence-corrected chi connectivity index (χ4v) is 3.52. The lowest BCUT2D eigenvalue weighted by Gasteiger charge is -2.34. The fraction of sp³-hybridized carbons (Fsp3) is 0.136. The highest BCUT2D eigenvalue weighted by Gasteiger charge is 2.48. The van der Waals surface area contributed by atoms with Gasteiger partial charge in [0.15, 0.2) is 5.72 Å². The predicted molar refractivity (Wildman–Crippen MR) is 96.8 cm³/mol. The van der Waals surface area contributed by atoms with Gasteiger partial charge in [-0.1, -0.05) is 78.9 Å². The zero-order valence-corrected chi connectivity index (χ0v) is 13.8. The Morgan fingerprint density at radius 1 is 0.760 bits per heavy atom. The van der Waals surface area contributed by atoms with Gasteiger partial charge in [0.05, 0.1) is 0 Å². The van der Waals surface area contributed by atoms with Gasteiger partial charge in [-0.2, -0.15) is 0 Å². The molecule has 0 unspecified atom stereocenters. The minimum absolute atomic E-state index is 0.127. The van der Waals surface area contributed by atoms with Crippen molar-refractivity contribution in [2.75, 3.05) is 0 Å². The molecular formula is C22H19NO2. The van der Waals surface area contributed by atoms with Gasteiger partial charge in [0, 0.05) is 24.1 Å². The molecule has 1 atom stereocenters. The second-order valence-electron chi connectivity index (χ2n) is 6.40. The Kier molecular flexibility index (Phi) is 3.86. The molecular weight excluding hydrogens is 310 g/mol. The van der Waals surface area contributed by atoms with E-state index in [0.717, 1.165) is 11.1 Å². The normalized spacial score (nSPS) is 19.1. The molecule has 1 N–H and O–H groups in total. The lowest BCUT2D eigenvalue weighted by molar-refractivity contribution is -0.0878. The summed E-state index contributed by atoms with van der Waals surface area (Å²) in [6.45, 7) is 0.373. The molecule has 1 aliphatic rings. The molecule has 4 rings (SSSR count). The molecule has 0 radical (unpaired) electrons. The van der Waals surface area contributed by atoms with E-state index in [-0.39, 0.29) is 5.91 Å². The highest BCUT2D eigenvalue weighted by atomic mass is 16.3. The number of aliphatic hydroxyl groups is 1. The van der Waals surface area contributed by atoms with Crippen LogP contribution in [-0.4, -0.2) is 15.9 Å². The molecule has 3 aromatic rings. The maximum atomic E-state index is 13.0. The Morgan fingerprint density at radius 3 is 2.00 bits per heavy atom. The largest absolute Gasteiger partial charge is 0.366 e. The van der Waals surface area contributed by atoms with Crippen LogP contribution < -0.4 is 0 Å². The van der Waals surface area contributed by atoms with E-state index in [1.54, 1.807) is 11.0 Å². The van der Waals surface area contributed by atoms with Crippen molar-refractivity contribution in [2.45, 2.75) is 18.7 Å². The van der Waals surface area contributed by atoms with Gasteiger partial charge in [0.25, 0.3) is 5.91 Å². The third-order valence-corrected chi connectivity index (χ3v) is 4.76. The van der Waals surface area contributed by atoms with Crippen LogP contribution >= 0.6 is 0 Å². The zero-order valence-electron chi connectivity index (χ0n) is 13.8. The fourth-order valence-electron chi connectivity index (χ4n) is 3.52. The summed E-state index contributed by atoms with van der Waals surface area (Å²) in [5, 5.41) is 11.6. The Labute approximate surface area is 147 Å². The van der Waals surface area contributed by atoms with E-state index in [1.165, 1.54) is 0 Å². The summed E-state index contributed by atoms with van der Waals surface area (Å²) in [6.07, 6.45) is 0.365. The third-order valence-electron chi connectivity index (χ3n) is 4.76. The smallest absolute Gasteiger partial charge is 0.257 e. The molecule has 0 aromatic heterocycles. The molecule has 3 nitrogen and oxygen atoms in total. The van der Waals surface area contributed by atoms with Crippen LogP contribution in [-0.2, 0) is 18.7 Å². The quantitative estimate of drug-likeness (QED) is 0.792. The van der Waals surface area contributed by atoms with Crippen LogP contribution in [0, 0.1) is 0 Å². The van der Waals surface area contributed by atoms with E-state index in [9.17, 15) is 9.90 Å². The monoisotopic (exact) mass is 329 g/mol. The second kappa shape index (κ2) is 6.19. The van der Waals surface area contributed by atoms with Crippen LogP contribution in [0.1, 0.15) is 27.0 Å². The van der Waals surface area contributed by atoms with Gasteiger partial charge in [0.2, 0.25) is 0 Å². The SMILES string of the molecule is O=C1c2ccccc2[C@@](O)(Cc2ccccc2)N1Cc1ccccc1.